The van der Waals surface area contributed by atoms with E-state index in [0.29, 0.717) is 41.0 Å². The number of nitrogens with one attached hydrogen (secondary N) is 1. The highest BCUT2D eigenvalue weighted by molar-refractivity contribution is 7.92. The van der Waals surface area contributed by atoms with Crippen LogP contribution >= 0.6 is 11.6 Å². The summed E-state index contributed by atoms with van der Waals surface area (Å²) in [5.74, 6) is 0.542. The SMILES string of the molecule is Cc1ccc(N(CC(=O)N/N=C\c2cccc3c2OCCO3)S(C)(=O)=O)cc1Cl. The van der Waals surface area contributed by atoms with Gasteiger partial charge in [-0.2, -0.15) is 5.10 Å². The van der Waals surface area contributed by atoms with Gasteiger partial charge in [-0.15, -0.1) is 0 Å². The Morgan fingerprint density at radius 2 is 2.03 bits per heavy atom. The molecular weight excluding hydrogens is 418 g/mol. The minimum Gasteiger partial charge on any atom is -0.486 e. The van der Waals surface area contributed by atoms with Crippen molar-refractivity contribution < 1.29 is 22.7 Å². The molecule has 0 saturated heterocycles. The van der Waals surface area contributed by atoms with Crippen LogP contribution in [0, 0.1) is 6.92 Å². The first kappa shape index (κ1) is 20.9. The molecule has 1 heterocycles. The van der Waals surface area contributed by atoms with Gasteiger partial charge in [-0.1, -0.05) is 23.7 Å². The van der Waals surface area contributed by atoms with E-state index >= 15 is 0 Å². The summed E-state index contributed by atoms with van der Waals surface area (Å²) in [6, 6.07) is 10.1. The molecule has 3 rings (SSSR count). The van der Waals surface area contributed by atoms with Crippen molar-refractivity contribution >= 4 is 39.4 Å². The summed E-state index contributed by atoms with van der Waals surface area (Å²) >= 11 is 6.09. The van der Waals surface area contributed by atoms with Crippen molar-refractivity contribution in [3.63, 3.8) is 0 Å². The van der Waals surface area contributed by atoms with Crippen LogP contribution in [0.1, 0.15) is 11.1 Å². The highest BCUT2D eigenvalue weighted by atomic mass is 35.5. The van der Waals surface area contributed by atoms with Gasteiger partial charge in [-0.3, -0.25) is 9.10 Å². The molecule has 1 N–H and O–H groups in total. The van der Waals surface area contributed by atoms with Gasteiger partial charge in [0.1, 0.15) is 19.8 Å². The predicted molar refractivity (Wildman–Crippen MR) is 112 cm³/mol. The van der Waals surface area contributed by atoms with Crippen LogP contribution in [0.5, 0.6) is 11.5 Å². The number of hydrogen-bond acceptors (Lipinski definition) is 6. The van der Waals surface area contributed by atoms with Crippen molar-refractivity contribution in [3.8, 4) is 11.5 Å². The minimum atomic E-state index is -3.71. The van der Waals surface area contributed by atoms with Crippen molar-refractivity contribution in [1.82, 2.24) is 5.43 Å². The van der Waals surface area contributed by atoms with Gasteiger partial charge >= 0.3 is 0 Å². The Morgan fingerprint density at radius 1 is 1.28 bits per heavy atom. The zero-order valence-corrected chi connectivity index (χ0v) is 17.5. The lowest BCUT2D eigenvalue weighted by atomic mass is 10.2. The highest BCUT2D eigenvalue weighted by Crippen LogP contribution is 2.32. The van der Waals surface area contributed by atoms with Gasteiger partial charge in [0.2, 0.25) is 10.0 Å². The second-order valence-corrected chi connectivity index (χ2v) is 8.68. The third-order valence-electron chi connectivity index (χ3n) is 4.12. The third kappa shape index (κ3) is 5.18. The fourth-order valence-electron chi connectivity index (χ4n) is 2.67. The van der Waals surface area contributed by atoms with Crippen LogP contribution in [0.15, 0.2) is 41.5 Å². The molecule has 2 aromatic rings. The topological polar surface area (TPSA) is 97.3 Å². The molecule has 0 fully saturated rings. The Balaban J connectivity index is 1.71. The van der Waals surface area contributed by atoms with Gasteiger partial charge in [0.15, 0.2) is 11.5 Å². The lowest BCUT2D eigenvalue weighted by Crippen LogP contribution is -2.39. The van der Waals surface area contributed by atoms with Crippen molar-refractivity contribution in [2.24, 2.45) is 5.10 Å². The average molecular weight is 438 g/mol. The maximum atomic E-state index is 12.3. The Hall–Kier alpha value is -2.78. The van der Waals surface area contributed by atoms with E-state index in [9.17, 15) is 13.2 Å². The molecule has 29 heavy (non-hydrogen) atoms. The van der Waals surface area contributed by atoms with Crippen molar-refractivity contribution in [2.45, 2.75) is 6.92 Å². The van der Waals surface area contributed by atoms with Crippen molar-refractivity contribution in [1.29, 1.82) is 0 Å². The molecule has 0 aromatic heterocycles. The molecule has 0 radical (unpaired) electrons. The Kier molecular flexibility index (Phi) is 6.29. The van der Waals surface area contributed by atoms with Crippen molar-refractivity contribution in [3.05, 3.63) is 52.5 Å². The number of halogens is 1. The smallest absolute Gasteiger partial charge is 0.260 e. The van der Waals surface area contributed by atoms with Crippen LogP contribution in [-0.2, 0) is 14.8 Å². The second-order valence-electron chi connectivity index (χ2n) is 6.37. The quantitative estimate of drug-likeness (QED) is 0.552. The number of aryl methyl sites for hydroxylation is 1. The summed E-state index contributed by atoms with van der Waals surface area (Å²) in [4.78, 5) is 12.3. The number of benzene rings is 2. The van der Waals surface area contributed by atoms with Crippen LogP contribution in [0.25, 0.3) is 0 Å². The number of fused-ring (bicyclic) bond motifs is 1. The first-order valence-corrected chi connectivity index (χ1v) is 10.9. The number of hydrogen-bond donors (Lipinski definition) is 1. The number of rotatable bonds is 6. The van der Waals surface area contributed by atoms with E-state index < -0.39 is 22.5 Å². The Morgan fingerprint density at radius 3 is 2.76 bits per heavy atom. The van der Waals surface area contributed by atoms with Crippen molar-refractivity contribution in [2.75, 3.05) is 30.3 Å². The Bertz CT molecular complexity index is 1060. The molecule has 0 atom stereocenters. The Labute approximate surface area is 174 Å². The first-order valence-electron chi connectivity index (χ1n) is 8.70. The number of carbonyl (C=O) groups excluding carboxylic acids is 1. The summed E-state index contributed by atoms with van der Waals surface area (Å²) in [5.41, 5.74) is 4.06. The molecule has 0 spiro atoms. The fourth-order valence-corrected chi connectivity index (χ4v) is 3.70. The number of sulfonamides is 1. The van der Waals surface area contributed by atoms with Crippen LogP contribution in [0.4, 0.5) is 5.69 Å². The predicted octanol–water partition coefficient (Wildman–Crippen LogP) is 2.34. The molecule has 1 aliphatic heterocycles. The normalized spacial score (nSPS) is 13.3. The maximum absolute atomic E-state index is 12.3. The molecule has 0 bridgehead atoms. The second kappa shape index (κ2) is 8.71. The number of ether oxygens (including phenoxy) is 2. The first-order chi connectivity index (χ1) is 13.8. The van der Waals surface area contributed by atoms with E-state index in [1.807, 2.05) is 0 Å². The van der Waals surface area contributed by atoms with Crippen LogP contribution in [0.2, 0.25) is 5.02 Å². The molecule has 0 saturated carbocycles. The van der Waals surface area contributed by atoms with E-state index in [4.69, 9.17) is 21.1 Å². The van der Waals surface area contributed by atoms with E-state index in [1.165, 1.54) is 12.3 Å². The number of anilines is 1. The van der Waals surface area contributed by atoms with Gasteiger partial charge in [0, 0.05) is 10.6 Å². The summed E-state index contributed by atoms with van der Waals surface area (Å²) in [6.45, 7) is 2.25. The summed E-state index contributed by atoms with van der Waals surface area (Å²) in [7, 11) is -3.71. The number of amides is 1. The average Bonchev–Trinajstić information content (AvgIpc) is 2.68. The van der Waals surface area contributed by atoms with Gasteiger partial charge < -0.3 is 9.47 Å². The largest absolute Gasteiger partial charge is 0.486 e. The van der Waals surface area contributed by atoms with E-state index in [1.54, 1.807) is 37.3 Å². The molecule has 8 nitrogen and oxygen atoms in total. The summed E-state index contributed by atoms with van der Waals surface area (Å²) < 4.78 is 36.3. The zero-order chi connectivity index (χ0) is 21.0. The maximum Gasteiger partial charge on any atom is 0.260 e. The van der Waals surface area contributed by atoms with E-state index in [2.05, 4.69) is 10.5 Å². The van der Waals surface area contributed by atoms with Crippen LogP contribution in [0.3, 0.4) is 0 Å². The minimum absolute atomic E-state index is 0.296. The van der Waals surface area contributed by atoms with Gasteiger partial charge in [0.05, 0.1) is 18.2 Å². The highest BCUT2D eigenvalue weighted by Gasteiger charge is 2.21. The van der Waals surface area contributed by atoms with Gasteiger partial charge in [-0.25, -0.2) is 13.8 Å². The molecule has 1 aliphatic rings. The molecular formula is C19H20ClN3O5S. The lowest BCUT2D eigenvalue weighted by Gasteiger charge is -2.22. The summed E-state index contributed by atoms with van der Waals surface area (Å²) in [5, 5.41) is 4.31. The third-order valence-corrected chi connectivity index (χ3v) is 5.67. The van der Waals surface area contributed by atoms with Gasteiger partial charge in [-0.05, 0) is 36.8 Å². The van der Waals surface area contributed by atoms with Gasteiger partial charge in [0.25, 0.3) is 5.91 Å². The van der Waals surface area contributed by atoms with Crippen LogP contribution in [-0.4, -0.2) is 46.6 Å². The molecule has 10 heteroatoms. The number of nitrogens with zero attached hydrogens (tertiary/aromatic N) is 2. The van der Waals surface area contributed by atoms with Crippen LogP contribution < -0.4 is 19.2 Å². The fraction of sp³-hybridized carbons (Fsp3) is 0.263. The molecule has 0 unspecified atom stereocenters. The zero-order valence-electron chi connectivity index (χ0n) is 15.9. The number of para-hydroxylation sites is 1. The molecule has 0 aliphatic carbocycles. The lowest BCUT2D eigenvalue weighted by molar-refractivity contribution is -0.119. The van der Waals surface area contributed by atoms with E-state index in [0.717, 1.165) is 16.1 Å². The molecule has 154 valence electrons. The molecule has 2 aromatic carbocycles. The monoisotopic (exact) mass is 437 g/mol. The standard InChI is InChI=1S/C19H20ClN3O5S/c1-13-6-7-15(10-16(13)20)23(29(2,25)26)12-18(24)22-21-11-14-4-3-5-17-19(14)28-9-8-27-17/h3-7,10-11H,8-9,12H2,1-2H3,(H,22,24)/b21-11-. The number of carbonyl (C=O) groups is 1. The van der Waals surface area contributed by atoms with E-state index in [-0.39, 0.29) is 0 Å². The number of hydrazone groups is 1. The summed E-state index contributed by atoms with van der Waals surface area (Å²) in [6.07, 6.45) is 2.43. The molecule has 1 amide bonds.